The molecular weight excluding hydrogens is 378 g/mol. The molecule has 4 nitrogen and oxygen atoms in total. The number of benzene rings is 2. The van der Waals surface area contributed by atoms with Crippen molar-refractivity contribution in [2.75, 3.05) is 19.6 Å². The van der Waals surface area contributed by atoms with Gasteiger partial charge in [0.2, 0.25) is 0 Å². The highest BCUT2D eigenvalue weighted by Gasteiger charge is 2.28. The zero-order valence-corrected chi connectivity index (χ0v) is 17.4. The summed E-state index contributed by atoms with van der Waals surface area (Å²) in [7, 11) is 0. The Morgan fingerprint density at radius 3 is 2.55 bits per heavy atom. The van der Waals surface area contributed by atoms with Crippen LogP contribution < -0.4 is 15.5 Å². The Kier molecular flexibility index (Phi) is 6.72. The third-order valence-corrected chi connectivity index (χ3v) is 6.55. The smallest absolute Gasteiger partial charge is 0.275 e. The molecule has 2 aromatic carbocycles. The minimum Gasteiger partial charge on any atom is -0.343 e. The summed E-state index contributed by atoms with van der Waals surface area (Å²) in [6.07, 6.45) is 1.06. The first-order chi connectivity index (χ1) is 14.3. The summed E-state index contributed by atoms with van der Waals surface area (Å²) in [4.78, 5) is 15.4. The Labute approximate surface area is 176 Å². The van der Waals surface area contributed by atoms with Crippen molar-refractivity contribution in [1.29, 1.82) is 0 Å². The van der Waals surface area contributed by atoms with Gasteiger partial charge in [-0.05, 0) is 11.4 Å². The lowest BCUT2D eigenvalue weighted by molar-refractivity contribution is -0.901. The number of quaternary nitrogens is 2. The van der Waals surface area contributed by atoms with Gasteiger partial charge in [0.1, 0.15) is 12.6 Å². The van der Waals surface area contributed by atoms with Gasteiger partial charge in [-0.2, -0.15) is 0 Å². The molecule has 1 saturated heterocycles. The molecule has 3 aromatic rings. The molecule has 1 amide bonds. The van der Waals surface area contributed by atoms with Crippen molar-refractivity contribution in [2.24, 2.45) is 0 Å². The largest absolute Gasteiger partial charge is 0.343 e. The van der Waals surface area contributed by atoms with Crippen LogP contribution in [0.3, 0.4) is 0 Å². The number of carbonyl (C=O) groups excluding carboxylic acids is 1. The van der Waals surface area contributed by atoms with Crippen LogP contribution >= 0.6 is 11.3 Å². The number of thiophene rings is 1. The van der Waals surface area contributed by atoms with Crippen LogP contribution in [0.4, 0.5) is 0 Å². The average Bonchev–Trinajstić information content (AvgIpc) is 3.42. The van der Waals surface area contributed by atoms with Crippen LogP contribution in [0.2, 0.25) is 0 Å². The van der Waals surface area contributed by atoms with Gasteiger partial charge in [-0.25, -0.2) is 0 Å². The molecule has 1 fully saturated rings. The molecule has 3 atom stereocenters. The van der Waals surface area contributed by atoms with Gasteiger partial charge in [0.15, 0.2) is 6.54 Å². The first-order valence-corrected chi connectivity index (χ1v) is 11.2. The summed E-state index contributed by atoms with van der Waals surface area (Å²) in [6, 6.07) is 25.7. The summed E-state index contributed by atoms with van der Waals surface area (Å²) < 4.78 is 0. The molecular formula is C24H29N3OS+2. The molecule has 2 heterocycles. The van der Waals surface area contributed by atoms with Crippen molar-refractivity contribution in [3.8, 4) is 0 Å². The number of carbonyl (C=O) groups is 1. The monoisotopic (exact) mass is 407 g/mol. The van der Waals surface area contributed by atoms with Crippen LogP contribution in [0.1, 0.15) is 28.5 Å². The van der Waals surface area contributed by atoms with E-state index < -0.39 is 0 Å². The second-order valence-corrected chi connectivity index (χ2v) is 8.74. The van der Waals surface area contributed by atoms with Gasteiger partial charge in [-0.1, -0.05) is 66.7 Å². The summed E-state index contributed by atoms with van der Waals surface area (Å²) in [5, 5.41) is 7.51. The van der Waals surface area contributed by atoms with E-state index in [-0.39, 0.29) is 18.0 Å². The van der Waals surface area contributed by atoms with Crippen LogP contribution in [0.25, 0.3) is 0 Å². The van der Waals surface area contributed by atoms with Gasteiger partial charge < -0.3 is 15.5 Å². The molecule has 1 aliphatic heterocycles. The third kappa shape index (κ3) is 5.54. The van der Waals surface area contributed by atoms with Gasteiger partial charge in [0.25, 0.3) is 5.91 Å². The van der Waals surface area contributed by atoms with Crippen LogP contribution in [-0.2, 0) is 11.3 Å². The van der Waals surface area contributed by atoms with Crippen molar-refractivity contribution in [2.45, 2.75) is 25.0 Å². The number of nitrogens with two attached hydrogens (primary N) is 1. The van der Waals surface area contributed by atoms with Crippen LogP contribution in [-0.4, -0.2) is 31.6 Å². The number of likely N-dealkylation sites (tertiary alicyclic amines) is 1. The van der Waals surface area contributed by atoms with E-state index in [9.17, 15) is 4.79 Å². The molecule has 29 heavy (non-hydrogen) atoms. The Morgan fingerprint density at radius 2 is 1.83 bits per heavy atom. The number of rotatable bonds is 8. The van der Waals surface area contributed by atoms with Crippen LogP contribution in [0.15, 0.2) is 78.2 Å². The summed E-state index contributed by atoms with van der Waals surface area (Å²) in [5.74, 6) is 0.133. The minimum absolute atomic E-state index is 0.133. The highest BCUT2D eigenvalue weighted by molar-refractivity contribution is 7.10. The maximum Gasteiger partial charge on any atom is 0.275 e. The fourth-order valence-corrected chi connectivity index (χ4v) is 5.01. The van der Waals surface area contributed by atoms with E-state index in [1.54, 1.807) is 16.2 Å². The fraction of sp³-hybridized carbons (Fsp3) is 0.292. The molecule has 0 radical (unpaired) electrons. The van der Waals surface area contributed by atoms with Gasteiger partial charge in [0.05, 0.1) is 24.0 Å². The Bertz CT molecular complexity index is 883. The predicted molar refractivity (Wildman–Crippen MR) is 117 cm³/mol. The molecule has 0 bridgehead atoms. The summed E-state index contributed by atoms with van der Waals surface area (Å²) in [6.45, 7) is 3.61. The fourth-order valence-electron chi connectivity index (χ4n) is 4.16. The van der Waals surface area contributed by atoms with Gasteiger partial charge in [-0.3, -0.25) is 4.79 Å². The Balaban J connectivity index is 1.28. The van der Waals surface area contributed by atoms with Crippen molar-refractivity contribution >= 4 is 17.2 Å². The molecule has 0 aliphatic carbocycles. The van der Waals surface area contributed by atoms with Crippen molar-refractivity contribution in [3.63, 3.8) is 0 Å². The Hall–Kier alpha value is -2.47. The lowest BCUT2D eigenvalue weighted by Gasteiger charge is -2.16. The molecule has 4 rings (SSSR count). The molecule has 4 N–H and O–H groups in total. The zero-order valence-electron chi connectivity index (χ0n) is 16.6. The van der Waals surface area contributed by atoms with E-state index in [4.69, 9.17) is 0 Å². The average molecular weight is 408 g/mol. The molecule has 0 saturated carbocycles. The predicted octanol–water partition coefficient (Wildman–Crippen LogP) is 1.37. The quantitative estimate of drug-likeness (QED) is 0.519. The molecule has 0 spiro atoms. The Morgan fingerprint density at radius 1 is 1.07 bits per heavy atom. The van der Waals surface area contributed by atoms with Gasteiger partial charge >= 0.3 is 0 Å². The maximum atomic E-state index is 12.6. The second-order valence-electron chi connectivity index (χ2n) is 7.76. The van der Waals surface area contributed by atoms with Crippen molar-refractivity contribution in [3.05, 3.63) is 94.2 Å². The lowest BCUT2D eigenvalue weighted by Crippen LogP contribution is -3.09. The van der Waals surface area contributed by atoms with E-state index in [1.807, 2.05) is 6.07 Å². The number of amides is 1. The number of hydrogen-bond acceptors (Lipinski definition) is 2. The van der Waals surface area contributed by atoms with Crippen molar-refractivity contribution < 1.29 is 15.0 Å². The van der Waals surface area contributed by atoms with E-state index in [0.29, 0.717) is 6.54 Å². The standard InChI is InChI=1S/C24H27N3OS/c28-23(26-21-13-14-27(18-21)17-19-8-3-1-4-9-19)16-25-24(22-12-7-15-29-22)20-10-5-2-6-11-20/h1-12,15,21,24-25H,13-14,16-18H2,(H,26,28)/p+2/t21-,24+/m1/s1. The first kappa shape index (κ1) is 19.8. The normalized spacial score (nSPS) is 19.7. The van der Waals surface area contributed by atoms with Crippen LogP contribution in [0, 0.1) is 0 Å². The maximum absolute atomic E-state index is 12.6. The van der Waals surface area contributed by atoms with E-state index >= 15 is 0 Å². The molecule has 150 valence electrons. The lowest BCUT2D eigenvalue weighted by atomic mass is 10.1. The molecule has 5 heteroatoms. The second kappa shape index (κ2) is 9.83. The van der Waals surface area contributed by atoms with Crippen molar-refractivity contribution in [1.82, 2.24) is 5.32 Å². The number of nitrogens with one attached hydrogen (secondary N) is 2. The highest BCUT2D eigenvalue weighted by atomic mass is 32.1. The van der Waals surface area contributed by atoms with E-state index in [2.05, 4.69) is 82.7 Å². The van der Waals surface area contributed by atoms with E-state index in [1.165, 1.54) is 16.0 Å². The summed E-state index contributed by atoms with van der Waals surface area (Å²) >= 11 is 1.75. The highest BCUT2D eigenvalue weighted by Crippen LogP contribution is 2.22. The number of hydrogen-bond donors (Lipinski definition) is 3. The van der Waals surface area contributed by atoms with Crippen LogP contribution in [0.5, 0.6) is 0 Å². The summed E-state index contributed by atoms with van der Waals surface area (Å²) in [5.41, 5.74) is 2.60. The molecule has 1 aromatic heterocycles. The van der Waals surface area contributed by atoms with Gasteiger partial charge in [-0.15, -0.1) is 11.3 Å². The minimum atomic E-state index is 0.133. The molecule has 1 unspecified atom stereocenters. The van der Waals surface area contributed by atoms with E-state index in [0.717, 1.165) is 26.1 Å². The van der Waals surface area contributed by atoms with Gasteiger partial charge in [0, 0.05) is 17.5 Å². The molecule has 1 aliphatic rings. The third-order valence-electron chi connectivity index (χ3n) is 5.59. The first-order valence-electron chi connectivity index (χ1n) is 10.4. The SMILES string of the molecule is O=C(C[NH2+][C@@H](c1ccccc1)c1cccs1)N[C@@H]1CC[NH+](Cc2ccccc2)C1. The topological polar surface area (TPSA) is 50.1 Å². The zero-order chi connectivity index (χ0) is 19.9.